The van der Waals surface area contributed by atoms with Gasteiger partial charge in [0.05, 0.1) is 11.2 Å². The molecule has 0 spiro atoms. The topological polar surface area (TPSA) is 44.1 Å². The zero-order chi connectivity index (χ0) is 14.5. The highest BCUT2D eigenvalue weighted by Gasteiger charge is 2.31. The maximum absolute atomic E-state index is 12.3. The number of carbonyl (C=O) groups is 1. The van der Waals surface area contributed by atoms with Crippen LogP contribution < -0.4 is 0 Å². The summed E-state index contributed by atoms with van der Waals surface area (Å²) in [5, 5.41) is 5.53. The van der Waals surface area contributed by atoms with E-state index in [2.05, 4.69) is 21.0 Å². The van der Waals surface area contributed by atoms with E-state index in [1.165, 1.54) is 4.68 Å². The largest absolute Gasteiger partial charge is 0.442 e. The highest BCUT2D eigenvalue weighted by Crippen LogP contribution is 2.43. The van der Waals surface area contributed by atoms with E-state index in [-0.39, 0.29) is 0 Å². The molecule has 0 aliphatic heterocycles. The molecule has 1 aliphatic rings. The van der Waals surface area contributed by atoms with Crippen LogP contribution in [0, 0.1) is 0 Å². The first-order valence-corrected chi connectivity index (χ1v) is 7.56. The van der Waals surface area contributed by atoms with Crippen molar-refractivity contribution in [3.63, 3.8) is 0 Å². The lowest BCUT2D eigenvalue weighted by molar-refractivity contribution is 0.0522. The third-order valence-corrected chi connectivity index (χ3v) is 3.69. The molecule has 3 rings (SSSR count). The summed E-state index contributed by atoms with van der Waals surface area (Å²) in [6.07, 6.45) is 1.87. The molecule has 1 heterocycles. The molecule has 0 N–H and O–H groups in total. The van der Waals surface area contributed by atoms with Crippen LogP contribution in [-0.2, 0) is 4.74 Å². The number of carbonyl (C=O) groups excluding carboxylic acids is 1. The molecule has 0 bridgehead atoms. The fourth-order valence-corrected chi connectivity index (χ4v) is 2.58. The predicted molar refractivity (Wildman–Crippen MR) is 81.0 cm³/mol. The molecular formula is C15H17BrN2O2. The quantitative estimate of drug-likeness (QED) is 0.772. The van der Waals surface area contributed by atoms with E-state index in [0.717, 1.165) is 33.9 Å². The van der Waals surface area contributed by atoms with E-state index in [4.69, 9.17) is 4.74 Å². The zero-order valence-electron chi connectivity index (χ0n) is 11.8. The number of aromatic nitrogens is 2. The number of fused-ring (bicyclic) bond motifs is 1. The van der Waals surface area contributed by atoms with Gasteiger partial charge in [0.1, 0.15) is 5.60 Å². The van der Waals surface area contributed by atoms with Crippen LogP contribution in [0.5, 0.6) is 0 Å². The monoisotopic (exact) mass is 336 g/mol. The Bertz CT molecular complexity index is 681. The van der Waals surface area contributed by atoms with Gasteiger partial charge in [-0.3, -0.25) is 0 Å². The summed E-state index contributed by atoms with van der Waals surface area (Å²) in [5.74, 6) is 0.482. The second kappa shape index (κ2) is 4.58. The molecule has 1 aliphatic carbocycles. The first-order chi connectivity index (χ1) is 9.35. The summed E-state index contributed by atoms with van der Waals surface area (Å²) >= 11 is 3.48. The fourth-order valence-electron chi connectivity index (χ4n) is 2.22. The number of benzene rings is 1. The molecule has 1 aromatic carbocycles. The SMILES string of the molecule is CC(C)(C)OC(=O)n1nc(C2CC2)c2cc(Br)ccc21. The van der Waals surface area contributed by atoms with Crippen LogP contribution in [-0.4, -0.2) is 21.5 Å². The van der Waals surface area contributed by atoms with Crippen LogP contribution in [0.3, 0.4) is 0 Å². The lowest BCUT2D eigenvalue weighted by Crippen LogP contribution is -2.27. The first kappa shape index (κ1) is 13.6. The molecule has 1 aromatic heterocycles. The van der Waals surface area contributed by atoms with Gasteiger partial charge in [0.25, 0.3) is 0 Å². The fraction of sp³-hybridized carbons (Fsp3) is 0.467. The van der Waals surface area contributed by atoms with Crippen LogP contribution in [0.1, 0.15) is 45.2 Å². The minimum absolute atomic E-state index is 0.420. The van der Waals surface area contributed by atoms with Crippen molar-refractivity contribution in [3.8, 4) is 0 Å². The van der Waals surface area contributed by atoms with Crippen LogP contribution in [0.15, 0.2) is 22.7 Å². The maximum Gasteiger partial charge on any atom is 0.435 e. The molecule has 20 heavy (non-hydrogen) atoms. The number of halogens is 1. The number of nitrogens with zero attached hydrogens (tertiary/aromatic N) is 2. The molecule has 0 radical (unpaired) electrons. The van der Waals surface area contributed by atoms with Crippen LogP contribution in [0.2, 0.25) is 0 Å². The molecule has 2 aromatic rings. The third-order valence-electron chi connectivity index (χ3n) is 3.20. The smallest absolute Gasteiger partial charge is 0.435 e. The van der Waals surface area contributed by atoms with Crippen molar-refractivity contribution < 1.29 is 9.53 Å². The van der Waals surface area contributed by atoms with E-state index in [1.807, 2.05) is 39.0 Å². The minimum atomic E-state index is -0.523. The van der Waals surface area contributed by atoms with Crippen LogP contribution in [0.25, 0.3) is 10.9 Å². The van der Waals surface area contributed by atoms with Gasteiger partial charge >= 0.3 is 6.09 Å². The lowest BCUT2D eigenvalue weighted by atomic mass is 10.1. The normalized spacial score (nSPS) is 15.6. The summed E-state index contributed by atoms with van der Waals surface area (Å²) in [7, 11) is 0. The van der Waals surface area contributed by atoms with Crippen molar-refractivity contribution in [2.24, 2.45) is 0 Å². The van der Waals surface area contributed by atoms with E-state index < -0.39 is 11.7 Å². The molecule has 0 saturated heterocycles. The van der Waals surface area contributed by atoms with E-state index in [0.29, 0.717) is 5.92 Å². The van der Waals surface area contributed by atoms with E-state index in [9.17, 15) is 4.79 Å². The molecule has 0 amide bonds. The second-order valence-corrected chi connectivity index (χ2v) is 7.13. The molecule has 106 valence electrons. The Morgan fingerprint density at radius 2 is 2.10 bits per heavy atom. The second-order valence-electron chi connectivity index (χ2n) is 6.21. The minimum Gasteiger partial charge on any atom is -0.442 e. The van der Waals surface area contributed by atoms with Crippen molar-refractivity contribution in [3.05, 3.63) is 28.4 Å². The Kier molecular flexibility index (Phi) is 3.12. The molecule has 5 heteroatoms. The van der Waals surface area contributed by atoms with Crippen LogP contribution in [0.4, 0.5) is 4.79 Å². The zero-order valence-corrected chi connectivity index (χ0v) is 13.4. The van der Waals surface area contributed by atoms with Crippen molar-refractivity contribution >= 4 is 32.9 Å². The molecule has 4 nitrogen and oxygen atoms in total. The van der Waals surface area contributed by atoms with Gasteiger partial charge in [0, 0.05) is 15.8 Å². The van der Waals surface area contributed by atoms with Crippen LogP contribution >= 0.6 is 15.9 Å². The van der Waals surface area contributed by atoms with Gasteiger partial charge in [-0.15, -0.1) is 0 Å². The number of rotatable bonds is 1. The number of ether oxygens (including phenoxy) is 1. The summed E-state index contributed by atoms with van der Waals surface area (Å²) in [6, 6.07) is 5.85. The van der Waals surface area contributed by atoms with Crippen molar-refractivity contribution in [1.82, 2.24) is 9.78 Å². The van der Waals surface area contributed by atoms with Crippen molar-refractivity contribution in [2.45, 2.75) is 45.1 Å². The van der Waals surface area contributed by atoms with E-state index >= 15 is 0 Å². The summed E-state index contributed by atoms with van der Waals surface area (Å²) in [5.41, 5.74) is 1.29. The van der Waals surface area contributed by atoms with Gasteiger partial charge < -0.3 is 4.74 Å². The van der Waals surface area contributed by atoms with Gasteiger partial charge in [0.2, 0.25) is 0 Å². The van der Waals surface area contributed by atoms with E-state index in [1.54, 1.807) is 0 Å². The van der Waals surface area contributed by atoms with Crippen molar-refractivity contribution in [2.75, 3.05) is 0 Å². The number of hydrogen-bond acceptors (Lipinski definition) is 3. The Morgan fingerprint density at radius 1 is 1.40 bits per heavy atom. The highest BCUT2D eigenvalue weighted by molar-refractivity contribution is 9.10. The molecular weight excluding hydrogens is 320 g/mol. The Balaban J connectivity index is 2.09. The van der Waals surface area contributed by atoms with Gasteiger partial charge in [0.15, 0.2) is 0 Å². The summed E-state index contributed by atoms with van der Waals surface area (Å²) < 4.78 is 7.81. The molecule has 0 atom stereocenters. The molecule has 0 unspecified atom stereocenters. The standard InChI is InChI=1S/C15H17BrN2O2/c1-15(2,3)20-14(19)18-12-7-6-10(16)8-11(12)13(17-18)9-4-5-9/h6-9H,4-5H2,1-3H3. The van der Waals surface area contributed by atoms with Gasteiger partial charge in [-0.1, -0.05) is 15.9 Å². The number of hydrogen-bond donors (Lipinski definition) is 0. The predicted octanol–water partition coefficient (Wildman–Crippen LogP) is 4.46. The first-order valence-electron chi connectivity index (χ1n) is 6.77. The Labute approximate surface area is 126 Å². The van der Waals surface area contributed by atoms with Gasteiger partial charge in [-0.25, -0.2) is 4.79 Å². The van der Waals surface area contributed by atoms with Crippen molar-refractivity contribution in [1.29, 1.82) is 0 Å². The van der Waals surface area contributed by atoms with Gasteiger partial charge in [-0.2, -0.15) is 9.78 Å². The highest BCUT2D eigenvalue weighted by atomic mass is 79.9. The maximum atomic E-state index is 12.3. The molecule has 1 fully saturated rings. The van der Waals surface area contributed by atoms with Gasteiger partial charge in [-0.05, 0) is 51.8 Å². The summed E-state index contributed by atoms with van der Waals surface area (Å²) in [4.78, 5) is 12.3. The third kappa shape index (κ3) is 2.59. The lowest BCUT2D eigenvalue weighted by Gasteiger charge is -2.19. The Hall–Kier alpha value is -1.36. The molecule has 1 saturated carbocycles. The summed E-state index contributed by atoms with van der Waals surface area (Å²) in [6.45, 7) is 5.57. The average molecular weight is 337 g/mol. The Morgan fingerprint density at radius 3 is 2.70 bits per heavy atom. The average Bonchev–Trinajstić information content (AvgIpc) is 3.08.